The minimum absolute atomic E-state index is 0.476. The number of thiophene rings is 1. The largest absolute Gasteiger partial charge is 0.312 e. The van der Waals surface area contributed by atoms with Crippen LogP contribution in [0.5, 0.6) is 0 Å². The highest BCUT2D eigenvalue weighted by molar-refractivity contribution is 7.12. The van der Waals surface area contributed by atoms with Crippen LogP contribution >= 0.6 is 11.3 Å². The van der Waals surface area contributed by atoms with Crippen LogP contribution in [0.3, 0.4) is 0 Å². The fourth-order valence-corrected chi connectivity index (χ4v) is 3.39. The van der Waals surface area contributed by atoms with Crippen LogP contribution in [0.4, 0.5) is 0 Å². The predicted octanol–water partition coefficient (Wildman–Crippen LogP) is 3.87. The molecule has 0 spiro atoms. The highest BCUT2D eigenvalue weighted by atomic mass is 32.1. The quantitative estimate of drug-likeness (QED) is 0.344. The topological polar surface area (TPSA) is 61.4 Å². The molecule has 128 valence electrons. The lowest BCUT2D eigenvalue weighted by atomic mass is 10.1. The van der Waals surface area contributed by atoms with Crippen molar-refractivity contribution in [3.63, 3.8) is 0 Å². The van der Waals surface area contributed by atoms with E-state index in [-0.39, 0.29) is 0 Å². The first kappa shape index (κ1) is 17.4. The van der Waals surface area contributed by atoms with Crippen molar-refractivity contribution in [3.05, 3.63) is 82.0 Å². The Balaban J connectivity index is 1.52. The van der Waals surface area contributed by atoms with Gasteiger partial charge in [-0.05, 0) is 46.7 Å². The summed E-state index contributed by atoms with van der Waals surface area (Å²) >= 11 is 1.31. The number of hydrogen-bond acceptors (Lipinski definition) is 4. The van der Waals surface area contributed by atoms with Crippen LogP contribution in [-0.4, -0.2) is 17.7 Å². The number of nitrogens with one attached hydrogen (secondary N) is 2. The molecule has 3 N–H and O–H groups in total. The third kappa shape index (κ3) is 4.76. The van der Waals surface area contributed by atoms with Gasteiger partial charge in [-0.25, -0.2) is 5.48 Å². The van der Waals surface area contributed by atoms with E-state index in [1.165, 1.54) is 22.5 Å². The number of hydroxylamine groups is 1. The molecule has 0 saturated heterocycles. The fourth-order valence-electron chi connectivity index (χ4n) is 2.59. The van der Waals surface area contributed by atoms with Crippen LogP contribution in [0.15, 0.2) is 66.0 Å². The third-order valence-electron chi connectivity index (χ3n) is 3.97. The van der Waals surface area contributed by atoms with Gasteiger partial charge in [-0.3, -0.25) is 10.0 Å². The van der Waals surface area contributed by atoms with E-state index in [9.17, 15) is 4.79 Å². The Morgan fingerprint density at radius 2 is 1.72 bits per heavy atom. The Morgan fingerprint density at radius 3 is 2.44 bits per heavy atom. The van der Waals surface area contributed by atoms with Crippen molar-refractivity contribution in [2.24, 2.45) is 0 Å². The van der Waals surface area contributed by atoms with Gasteiger partial charge >= 0.3 is 0 Å². The zero-order chi connectivity index (χ0) is 17.5. The molecule has 25 heavy (non-hydrogen) atoms. The Bertz CT molecular complexity index is 813. The number of carbonyl (C=O) groups excluding carboxylic acids is 1. The minimum atomic E-state index is -0.476. The van der Waals surface area contributed by atoms with E-state index in [1.54, 1.807) is 11.5 Å². The molecule has 3 aromatic rings. The number of amides is 1. The van der Waals surface area contributed by atoms with Crippen LogP contribution in [0, 0.1) is 0 Å². The molecule has 0 radical (unpaired) electrons. The Labute approximate surface area is 151 Å². The van der Waals surface area contributed by atoms with Crippen molar-refractivity contribution in [1.82, 2.24) is 10.8 Å². The molecule has 1 amide bonds. The standard InChI is InChI=1S/C20H20N2O2S/c23-20(22-24)19-12-18(14-25-19)17-8-6-16(7-9-17)13-21-11-10-15-4-2-1-3-5-15/h1-9,12,14,21,24H,10-11,13H2,(H,22,23). The summed E-state index contributed by atoms with van der Waals surface area (Å²) in [7, 11) is 0. The van der Waals surface area contributed by atoms with Gasteiger partial charge in [-0.15, -0.1) is 11.3 Å². The number of carbonyl (C=O) groups is 1. The molecule has 0 aliphatic rings. The molecule has 0 atom stereocenters. The Kier molecular flexibility index (Phi) is 5.95. The van der Waals surface area contributed by atoms with E-state index in [1.807, 2.05) is 11.4 Å². The van der Waals surface area contributed by atoms with E-state index in [2.05, 4.69) is 53.8 Å². The van der Waals surface area contributed by atoms with Crippen molar-refractivity contribution in [3.8, 4) is 11.1 Å². The van der Waals surface area contributed by atoms with E-state index < -0.39 is 5.91 Å². The lowest BCUT2D eigenvalue weighted by Crippen LogP contribution is -2.16. The zero-order valence-corrected chi connectivity index (χ0v) is 14.6. The number of rotatable bonds is 7. The van der Waals surface area contributed by atoms with Crippen LogP contribution in [-0.2, 0) is 13.0 Å². The SMILES string of the molecule is O=C(NO)c1cc(-c2ccc(CNCCc3ccccc3)cc2)cs1. The number of benzene rings is 2. The second-order valence-corrected chi connectivity index (χ2v) is 6.66. The molecule has 1 aromatic heterocycles. The molecule has 1 heterocycles. The van der Waals surface area contributed by atoms with Gasteiger partial charge in [0.05, 0.1) is 4.88 Å². The van der Waals surface area contributed by atoms with Crippen LogP contribution in [0.2, 0.25) is 0 Å². The fraction of sp³-hybridized carbons (Fsp3) is 0.150. The monoisotopic (exact) mass is 352 g/mol. The van der Waals surface area contributed by atoms with Crippen LogP contribution in [0.25, 0.3) is 11.1 Å². The van der Waals surface area contributed by atoms with Crippen LogP contribution in [0.1, 0.15) is 20.8 Å². The van der Waals surface area contributed by atoms with E-state index >= 15 is 0 Å². The van der Waals surface area contributed by atoms with Crippen molar-refractivity contribution in [1.29, 1.82) is 0 Å². The summed E-state index contributed by atoms with van der Waals surface area (Å²) < 4.78 is 0. The molecule has 0 fully saturated rings. The predicted molar refractivity (Wildman–Crippen MR) is 101 cm³/mol. The molecule has 2 aromatic carbocycles. The van der Waals surface area contributed by atoms with Gasteiger partial charge < -0.3 is 5.32 Å². The van der Waals surface area contributed by atoms with Gasteiger partial charge in [0.2, 0.25) is 0 Å². The van der Waals surface area contributed by atoms with Crippen molar-refractivity contribution in [2.45, 2.75) is 13.0 Å². The van der Waals surface area contributed by atoms with Crippen molar-refractivity contribution < 1.29 is 10.0 Å². The average Bonchev–Trinajstić information content (AvgIpc) is 3.16. The lowest BCUT2D eigenvalue weighted by molar-refractivity contribution is 0.0711. The molecule has 4 nitrogen and oxygen atoms in total. The van der Waals surface area contributed by atoms with E-state index in [0.717, 1.165) is 30.6 Å². The first-order chi connectivity index (χ1) is 12.3. The van der Waals surface area contributed by atoms with Gasteiger partial charge in [-0.1, -0.05) is 54.6 Å². The lowest BCUT2D eigenvalue weighted by Gasteiger charge is -2.06. The third-order valence-corrected chi connectivity index (χ3v) is 4.90. The summed E-state index contributed by atoms with van der Waals surface area (Å²) in [5.41, 5.74) is 6.26. The van der Waals surface area contributed by atoms with Gasteiger partial charge in [0.1, 0.15) is 0 Å². The smallest absolute Gasteiger partial charge is 0.284 e. The highest BCUT2D eigenvalue weighted by Gasteiger charge is 2.09. The summed E-state index contributed by atoms with van der Waals surface area (Å²) in [6, 6.07) is 20.5. The van der Waals surface area contributed by atoms with Crippen molar-refractivity contribution >= 4 is 17.2 Å². The molecular formula is C20H20N2O2S. The molecule has 5 heteroatoms. The maximum Gasteiger partial charge on any atom is 0.284 e. The summed E-state index contributed by atoms with van der Waals surface area (Å²) in [6.45, 7) is 1.77. The maximum absolute atomic E-state index is 11.4. The summed E-state index contributed by atoms with van der Waals surface area (Å²) in [5.74, 6) is -0.476. The number of hydrogen-bond donors (Lipinski definition) is 3. The Morgan fingerprint density at radius 1 is 0.960 bits per heavy atom. The average molecular weight is 352 g/mol. The second-order valence-electron chi connectivity index (χ2n) is 5.75. The van der Waals surface area contributed by atoms with Crippen LogP contribution < -0.4 is 10.8 Å². The molecule has 0 aliphatic heterocycles. The normalized spacial score (nSPS) is 10.6. The molecule has 0 unspecified atom stereocenters. The molecular weight excluding hydrogens is 332 g/mol. The molecule has 0 bridgehead atoms. The first-order valence-electron chi connectivity index (χ1n) is 8.13. The first-order valence-corrected chi connectivity index (χ1v) is 9.01. The maximum atomic E-state index is 11.4. The van der Waals surface area contributed by atoms with Gasteiger partial charge in [0.15, 0.2) is 0 Å². The van der Waals surface area contributed by atoms with Gasteiger partial charge in [0, 0.05) is 6.54 Å². The minimum Gasteiger partial charge on any atom is -0.312 e. The Hall–Kier alpha value is -2.47. The van der Waals surface area contributed by atoms with Gasteiger partial charge in [-0.2, -0.15) is 0 Å². The second kappa shape index (κ2) is 8.58. The zero-order valence-electron chi connectivity index (χ0n) is 13.7. The van der Waals surface area contributed by atoms with E-state index in [4.69, 9.17) is 5.21 Å². The highest BCUT2D eigenvalue weighted by Crippen LogP contribution is 2.25. The van der Waals surface area contributed by atoms with Crippen molar-refractivity contribution in [2.75, 3.05) is 6.54 Å². The molecule has 0 aliphatic carbocycles. The van der Waals surface area contributed by atoms with E-state index in [0.29, 0.717) is 4.88 Å². The summed E-state index contributed by atoms with van der Waals surface area (Å²) in [6.07, 6.45) is 1.02. The van der Waals surface area contributed by atoms with Gasteiger partial charge in [0.25, 0.3) is 5.91 Å². The summed E-state index contributed by atoms with van der Waals surface area (Å²) in [4.78, 5) is 11.9. The summed E-state index contributed by atoms with van der Waals surface area (Å²) in [5, 5.41) is 14.1. The molecule has 3 rings (SSSR count). The molecule has 0 saturated carbocycles.